The number of amides is 1. The molecule has 0 unspecified atom stereocenters. The van der Waals surface area contributed by atoms with Crippen molar-refractivity contribution in [3.63, 3.8) is 0 Å². The maximum atomic E-state index is 12.7. The molecule has 0 saturated carbocycles. The number of hydrogen-bond donors (Lipinski definition) is 1. The smallest absolute Gasteiger partial charge is 0.223 e. The van der Waals surface area contributed by atoms with Gasteiger partial charge in [-0.05, 0) is 61.3 Å². The molecule has 1 aromatic heterocycles. The molecule has 4 rings (SSSR count). The molecule has 1 amide bonds. The molecule has 0 atom stereocenters. The minimum absolute atomic E-state index is 0.240. The molecule has 2 aliphatic rings. The minimum Gasteiger partial charge on any atom is -0.369 e. The molecule has 3 heterocycles. The minimum atomic E-state index is 0.240. The lowest BCUT2D eigenvalue weighted by molar-refractivity contribution is -0.132. The predicted octanol–water partition coefficient (Wildman–Crippen LogP) is 4.06. The molecule has 0 aliphatic carbocycles. The summed E-state index contributed by atoms with van der Waals surface area (Å²) in [7, 11) is 0. The number of halogens is 1. The number of benzene rings is 1. The SMILES string of the molecule is Cc1nc(NC2CCN(C(=O)CCN3CCN(c4ccc(Cl)cc4)CC3)CC2)ccc1N=O. The van der Waals surface area contributed by atoms with Gasteiger partial charge < -0.3 is 15.1 Å². The molecule has 33 heavy (non-hydrogen) atoms. The van der Waals surface area contributed by atoms with Crippen LogP contribution in [0.5, 0.6) is 0 Å². The lowest BCUT2D eigenvalue weighted by Gasteiger charge is -2.37. The monoisotopic (exact) mass is 470 g/mol. The maximum absolute atomic E-state index is 12.7. The maximum Gasteiger partial charge on any atom is 0.223 e. The second-order valence-electron chi connectivity index (χ2n) is 8.75. The van der Waals surface area contributed by atoms with Crippen molar-refractivity contribution >= 4 is 34.7 Å². The highest BCUT2D eigenvalue weighted by atomic mass is 35.5. The first kappa shape index (κ1) is 23.4. The number of nitrogens with one attached hydrogen (secondary N) is 1. The number of piperidine rings is 1. The summed E-state index contributed by atoms with van der Waals surface area (Å²) in [6.07, 6.45) is 2.35. The summed E-state index contributed by atoms with van der Waals surface area (Å²) in [5, 5.41) is 7.15. The molecule has 0 spiro atoms. The summed E-state index contributed by atoms with van der Waals surface area (Å²) in [5.74, 6) is 0.992. The Morgan fingerprint density at radius 3 is 2.39 bits per heavy atom. The van der Waals surface area contributed by atoms with Gasteiger partial charge in [-0.25, -0.2) is 4.98 Å². The first-order valence-electron chi connectivity index (χ1n) is 11.6. The van der Waals surface area contributed by atoms with Crippen molar-refractivity contribution in [2.45, 2.75) is 32.2 Å². The predicted molar refractivity (Wildman–Crippen MR) is 132 cm³/mol. The van der Waals surface area contributed by atoms with Crippen LogP contribution >= 0.6 is 11.6 Å². The Labute approximate surface area is 199 Å². The number of piperazine rings is 1. The second-order valence-corrected chi connectivity index (χ2v) is 9.18. The third-order valence-electron chi connectivity index (χ3n) is 6.56. The van der Waals surface area contributed by atoms with Gasteiger partial charge in [0.05, 0.1) is 5.69 Å². The van der Waals surface area contributed by atoms with Crippen LogP contribution in [0.3, 0.4) is 0 Å². The Balaban J connectivity index is 1.16. The Morgan fingerprint density at radius 1 is 1.06 bits per heavy atom. The first-order valence-corrected chi connectivity index (χ1v) is 12.0. The highest BCUT2D eigenvalue weighted by Gasteiger charge is 2.24. The van der Waals surface area contributed by atoms with Gasteiger partial charge in [0, 0.05) is 69.0 Å². The lowest BCUT2D eigenvalue weighted by Crippen LogP contribution is -2.48. The topological polar surface area (TPSA) is 81.1 Å². The van der Waals surface area contributed by atoms with Gasteiger partial charge in [-0.2, -0.15) is 0 Å². The summed E-state index contributed by atoms with van der Waals surface area (Å²) in [4.78, 5) is 34.6. The number of likely N-dealkylation sites (tertiary alicyclic amines) is 1. The molecular weight excluding hydrogens is 440 g/mol. The number of aromatic nitrogens is 1. The zero-order valence-corrected chi connectivity index (χ0v) is 19.8. The molecule has 0 radical (unpaired) electrons. The van der Waals surface area contributed by atoms with Crippen LogP contribution in [0.1, 0.15) is 25.0 Å². The Kier molecular flexibility index (Phi) is 7.77. The van der Waals surface area contributed by atoms with Crippen molar-refractivity contribution < 1.29 is 4.79 Å². The van der Waals surface area contributed by atoms with E-state index in [2.05, 4.69) is 37.4 Å². The zero-order chi connectivity index (χ0) is 23.2. The fourth-order valence-corrected chi connectivity index (χ4v) is 4.63. The van der Waals surface area contributed by atoms with Gasteiger partial charge in [-0.3, -0.25) is 9.69 Å². The van der Waals surface area contributed by atoms with Crippen molar-refractivity contribution in [1.29, 1.82) is 0 Å². The Hall–Kier alpha value is -2.71. The first-order chi connectivity index (χ1) is 16.0. The van der Waals surface area contributed by atoms with Crippen LogP contribution in [0.15, 0.2) is 41.6 Å². The molecule has 1 N–H and O–H groups in total. The zero-order valence-electron chi connectivity index (χ0n) is 19.0. The van der Waals surface area contributed by atoms with Crippen LogP contribution in [0.2, 0.25) is 5.02 Å². The van der Waals surface area contributed by atoms with Crippen LogP contribution in [0, 0.1) is 11.8 Å². The second kappa shape index (κ2) is 10.9. The third-order valence-corrected chi connectivity index (χ3v) is 6.81. The van der Waals surface area contributed by atoms with Gasteiger partial charge in [0.1, 0.15) is 11.5 Å². The van der Waals surface area contributed by atoms with E-state index in [0.29, 0.717) is 17.8 Å². The molecule has 8 nitrogen and oxygen atoms in total. The van der Waals surface area contributed by atoms with Crippen molar-refractivity contribution in [2.24, 2.45) is 5.18 Å². The van der Waals surface area contributed by atoms with Crippen LogP contribution in [-0.2, 0) is 4.79 Å². The van der Waals surface area contributed by atoms with E-state index < -0.39 is 0 Å². The van der Waals surface area contributed by atoms with Gasteiger partial charge in [0.15, 0.2) is 0 Å². The van der Waals surface area contributed by atoms with Crippen molar-refractivity contribution in [1.82, 2.24) is 14.8 Å². The fourth-order valence-electron chi connectivity index (χ4n) is 4.51. The van der Waals surface area contributed by atoms with E-state index >= 15 is 0 Å². The third kappa shape index (κ3) is 6.21. The van der Waals surface area contributed by atoms with Crippen molar-refractivity contribution in [3.05, 3.63) is 52.0 Å². The normalized spacial score (nSPS) is 17.8. The van der Waals surface area contributed by atoms with Gasteiger partial charge in [-0.15, -0.1) is 4.91 Å². The molecule has 9 heteroatoms. The number of nitroso groups, excluding NO2 is 1. The van der Waals surface area contributed by atoms with Gasteiger partial charge in [0.2, 0.25) is 5.91 Å². The highest BCUT2D eigenvalue weighted by molar-refractivity contribution is 6.30. The van der Waals surface area contributed by atoms with Gasteiger partial charge in [-0.1, -0.05) is 11.6 Å². The van der Waals surface area contributed by atoms with E-state index in [1.807, 2.05) is 17.0 Å². The van der Waals surface area contributed by atoms with Crippen LogP contribution < -0.4 is 10.2 Å². The summed E-state index contributed by atoms with van der Waals surface area (Å²) in [6.45, 7) is 7.96. The molecule has 0 bridgehead atoms. The van der Waals surface area contributed by atoms with E-state index in [1.165, 1.54) is 5.69 Å². The van der Waals surface area contributed by atoms with E-state index in [9.17, 15) is 9.70 Å². The summed E-state index contributed by atoms with van der Waals surface area (Å²) in [6, 6.07) is 11.7. The largest absolute Gasteiger partial charge is 0.369 e. The fraction of sp³-hybridized carbons (Fsp3) is 0.500. The Morgan fingerprint density at radius 2 is 1.76 bits per heavy atom. The molecule has 2 aromatic rings. The quantitative estimate of drug-likeness (QED) is 0.614. The average molecular weight is 471 g/mol. The summed E-state index contributed by atoms with van der Waals surface area (Å²) >= 11 is 5.99. The van der Waals surface area contributed by atoms with E-state index in [4.69, 9.17) is 11.6 Å². The number of nitrogens with zero attached hydrogens (tertiary/aromatic N) is 5. The number of pyridine rings is 1. The average Bonchev–Trinajstić information content (AvgIpc) is 2.84. The molecule has 2 saturated heterocycles. The van der Waals surface area contributed by atoms with Crippen LogP contribution in [-0.4, -0.2) is 72.5 Å². The summed E-state index contributed by atoms with van der Waals surface area (Å²) in [5.41, 5.74) is 2.19. The van der Waals surface area contributed by atoms with Crippen LogP contribution in [0.4, 0.5) is 17.2 Å². The number of hydrogen-bond acceptors (Lipinski definition) is 7. The summed E-state index contributed by atoms with van der Waals surface area (Å²) < 4.78 is 0. The number of rotatable bonds is 7. The Bertz CT molecular complexity index is 954. The molecule has 176 valence electrons. The van der Waals surface area contributed by atoms with Crippen molar-refractivity contribution in [2.75, 3.05) is 56.0 Å². The molecular formula is C24H31ClN6O2. The van der Waals surface area contributed by atoms with Crippen LogP contribution in [0.25, 0.3) is 0 Å². The van der Waals surface area contributed by atoms with E-state index in [-0.39, 0.29) is 11.9 Å². The molecule has 1 aromatic carbocycles. The number of anilines is 2. The van der Waals surface area contributed by atoms with Crippen molar-refractivity contribution in [3.8, 4) is 0 Å². The molecule has 2 fully saturated rings. The highest BCUT2D eigenvalue weighted by Crippen LogP contribution is 2.22. The number of carbonyl (C=O) groups excluding carboxylic acids is 1. The van der Waals surface area contributed by atoms with E-state index in [1.54, 1.807) is 19.1 Å². The number of aryl methyl sites for hydroxylation is 1. The van der Waals surface area contributed by atoms with Gasteiger partial charge in [0.25, 0.3) is 0 Å². The number of carbonyl (C=O) groups is 1. The standard InChI is InChI=1S/C24H31ClN6O2/c1-18-22(28-33)6-7-23(26-18)27-20-8-12-31(13-9-20)24(32)10-11-29-14-16-30(17-15-29)21-4-2-19(25)3-5-21/h2-7,20H,8-17H2,1H3,(H,26,27). The molecule has 2 aliphatic heterocycles. The van der Waals surface area contributed by atoms with Gasteiger partial charge >= 0.3 is 0 Å². The van der Waals surface area contributed by atoms with E-state index in [0.717, 1.165) is 69.5 Å². The lowest BCUT2D eigenvalue weighted by atomic mass is 10.0.